The van der Waals surface area contributed by atoms with Gasteiger partial charge in [-0.1, -0.05) is 12.1 Å². The fourth-order valence-electron chi connectivity index (χ4n) is 1.31. The number of phenols is 1. The zero-order valence-corrected chi connectivity index (χ0v) is 8.18. The average molecular weight is 210 g/mol. The van der Waals surface area contributed by atoms with E-state index in [2.05, 4.69) is 0 Å². The molecule has 6 N–H and O–H groups in total. The first kappa shape index (κ1) is 11.5. The molecule has 15 heavy (non-hydrogen) atoms. The molecule has 1 aromatic rings. The lowest BCUT2D eigenvalue weighted by atomic mass is 10.0. The normalized spacial score (nSPS) is 12.4. The van der Waals surface area contributed by atoms with Gasteiger partial charge in [-0.25, -0.2) is 0 Å². The third-order valence-electron chi connectivity index (χ3n) is 2.10. The number of phenolic OH excluding ortho intramolecular Hbond substituents is 1. The Morgan fingerprint density at radius 1 is 1.47 bits per heavy atom. The summed E-state index contributed by atoms with van der Waals surface area (Å²) in [6.07, 6.45) is -0.119. The fraction of sp³-hybridized carbons (Fsp3) is 0.300. The Kier molecular flexibility index (Phi) is 3.65. The van der Waals surface area contributed by atoms with Gasteiger partial charge in [-0.3, -0.25) is 4.79 Å². The molecule has 82 valence electrons. The van der Waals surface area contributed by atoms with Gasteiger partial charge in [0.25, 0.3) is 0 Å². The van der Waals surface area contributed by atoms with Crippen molar-refractivity contribution in [2.45, 2.75) is 12.5 Å². The maximum absolute atomic E-state index is 10.4. The molecule has 0 spiro atoms. The van der Waals surface area contributed by atoms with Crippen molar-refractivity contribution in [1.29, 1.82) is 0 Å². The van der Waals surface area contributed by atoms with E-state index in [4.69, 9.17) is 16.6 Å². The lowest BCUT2D eigenvalue weighted by Crippen LogP contribution is -2.20. The highest BCUT2D eigenvalue weighted by Gasteiger charge is 2.10. The zero-order valence-electron chi connectivity index (χ0n) is 8.18. The Balaban J connectivity index is 2.92. The van der Waals surface area contributed by atoms with Gasteiger partial charge in [-0.15, -0.1) is 0 Å². The van der Waals surface area contributed by atoms with Gasteiger partial charge in [0.2, 0.25) is 0 Å². The smallest absolute Gasteiger partial charge is 0.307 e. The Hall–Kier alpha value is -1.59. The minimum Gasteiger partial charge on any atom is -0.508 e. The van der Waals surface area contributed by atoms with Crippen LogP contribution in [0, 0.1) is 0 Å². The van der Waals surface area contributed by atoms with Gasteiger partial charge in [0.05, 0.1) is 6.42 Å². The second-order valence-electron chi connectivity index (χ2n) is 3.31. The van der Waals surface area contributed by atoms with Crippen LogP contribution < -0.4 is 11.5 Å². The van der Waals surface area contributed by atoms with E-state index in [1.165, 1.54) is 6.07 Å². The van der Waals surface area contributed by atoms with Crippen LogP contribution in [0.15, 0.2) is 18.2 Å². The van der Waals surface area contributed by atoms with E-state index in [1.54, 1.807) is 12.1 Å². The first-order valence-corrected chi connectivity index (χ1v) is 4.53. The van der Waals surface area contributed by atoms with Crippen molar-refractivity contribution in [2.24, 2.45) is 11.5 Å². The lowest BCUT2D eigenvalue weighted by Gasteiger charge is -2.11. The Morgan fingerprint density at radius 3 is 2.60 bits per heavy atom. The van der Waals surface area contributed by atoms with Crippen LogP contribution in [0.2, 0.25) is 0 Å². The van der Waals surface area contributed by atoms with Gasteiger partial charge < -0.3 is 21.7 Å². The molecular weight excluding hydrogens is 196 g/mol. The summed E-state index contributed by atoms with van der Waals surface area (Å²) in [5.74, 6) is -0.947. The minimum atomic E-state index is -0.940. The highest BCUT2D eigenvalue weighted by molar-refractivity contribution is 5.70. The summed E-state index contributed by atoms with van der Waals surface area (Å²) in [5, 5.41) is 18.1. The molecule has 1 rings (SSSR count). The number of benzene rings is 1. The van der Waals surface area contributed by atoms with Crippen LogP contribution in [-0.4, -0.2) is 22.7 Å². The quantitative estimate of drug-likeness (QED) is 0.558. The number of hydrogen-bond donors (Lipinski definition) is 4. The molecule has 0 aromatic heterocycles. The summed E-state index contributed by atoms with van der Waals surface area (Å²) in [6, 6.07) is 4.20. The Morgan fingerprint density at radius 2 is 2.13 bits per heavy atom. The molecule has 0 radical (unpaired) electrons. The van der Waals surface area contributed by atoms with Crippen LogP contribution >= 0.6 is 0 Å². The van der Waals surface area contributed by atoms with Gasteiger partial charge in [0.1, 0.15) is 5.75 Å². The van der Waals surface area contributed by atoms with Crippen LogP contribution in [0.5, 0.6) is 5.75 Å². The fourth-order valence-corrected chi connectivity index (χ4v) is 1.31. The standard InChI is InChI=1S/C10H14N2O3/c11-5-8(12)7-2-1-6(3-9(7)13)4-10(14)15/h1-3,8,13H,4-5,11-12H2,(H,14,15)/t8-/m0/s1. The Labute approximate surface area is 87.3 Å². The molecule has 0 saturated heterocycles. The molecule has 0 saturated carbocycles. The maximum atomic E-state index is 10.4. The predicted octanol–water partition coefficient (Wildman–Crippen LogP) is -0.0222. The molecule has 0 aliphatic carbocycles. The largest absolute Gasteiger partial charge is 0.508 e. The first-order chi connectivity index (χ1) is 7.04. The topological polar surface area (TPSA) is 110 Å². The third kappa shape index (κ3) is 2.93. The summed E-state index contributed by atoms with van der Waals surface area (Å²) in [7, 11) is 0. The van der Waals surface area contributed by atoms with Crippen molar-refractivity contribution in [3.05, 3.63) is 29.3 Å². The van der Waals surface area contributed by atoms with Crippen molar-refractivity contribution in [3.8, 4) is 5.75 Å². The van der Waals surface area contributed by atoms with Crippen molar-refractivity contribution in [2.75, 3.05) is 6.54 Å². The predicted molar refractivity (Wildman–Crippen MR) is 55.4 cm³/mol. The van der Waals surface area contributed by atoms with Crippen LogP contribution in [0.3, 0.4) is 0 Å². The monoisotopic (exact) mass is 210 g/mol. The second kappa shape index (κ2) is 4.77. The summed E-state index contributed by atoms with van der Waals surface area (Å²) >= 11 is 0. The summed E-state index contributed by atoms with van der Waals surface area (Å²) in [6.45, 7) is 0.228. The highest BCUT2D eigenvalue weighted by Crippen LogP contribution is 2.23. The first-order valence-electron chi connectivity index (χ1n) is 4.53. The summed E-state index contributed by atoms with van der Waals surface area (Å²) < 4.78 is 0. The Bertz CT molecular complexity index is 366. The van der Waals surface area contributed by atoms with Crippen molar-refractivity contribution in [3.63, 3.8) is 0 Å². The van der Waals surface area contributed by atoms with Gasteiger partial charge >= 0.3 is 5.97 Å². The number of carboxylic acid groups (broad SMARTS) is 1. The van der Waals surface area contributed by atoms with Gasteiger partial charge in [0.15, 0.2) is 0 Å². The van der Waals surface area contributed by atoms with Gasteiger partial charge in [-0.2, -0.15) is 0 Å². The van der Waals surface area contributed by atoms with E-state index in [0.29, 0.717) is 11.1 Å². The molecule has 0 amide bonds. The minimum absolute atomic E-state index is 0.00769. The molecular formula is C10H14N2O3. The van der Waals surface area contributed by atoms with E-state index >= 15 is 0 Å². The lowest BCUT2D eigenvalue weighted by molar-refractivity contribution is -0.136. The van der Waals surface area contributed by atoms with E-state index in [-0.39, 0.29) is 18.7 Å². The van der Waals surface area contributed by atoms with Crippen LogP contribution in [0.25, 0.3) is 0 Å². The summed E-state index contributed by atoms with van der Waals surface area (Å²) in [5.41, 5.74) is 12.1. The van der Waals surface area contributed by atoms with E-state index in [0.717, 1.165) is 0 Å². The third-order valence-corrected chi connectivity index (χ3v) is 2.10. The molecule has 0 fully saturated rings. The highest BCUT2D eigenvalue weighted by atomic mass is 16.4. The molecule has 5 nitrogen and oxygen atoms in total. The van der Waals surface area contributed by atoms with Crippen molar-refractivity contribution in [1.82, 2.24) is 0 Å². The molecule has 1 atom stereocenters. The SMILES string of the molecule is NC[C@H](N)c1ccc(CC(=O)O)cc1O. The van der Waals surface area contributed by atoms with Gasteiger partial charge in [-0.05, 0) is 11.6 Å². The second-order valence-corrected chi connectivity index (χ2v) is 3.31. The average Bonchev–Trinajstić information content (AvgIpc) is 2.16. The molecule has 0 heterocycles. The molecule has 0 unspecified atom stereocenters. The number of carboxylic acids is 1. The molecule has 0 aliphatic rings. The molecule has 1 aromatic carbocycles. The zero-order chi connectivity index (χ0) is 11.4. The number of carbonyl (C=O) groups is 1. The number of aliphatic carboxylic acids is 1. The van der Waals surface area contributed by atoms with Gasteiger partial charge in [0, 0.05) is 18.2 Å². The van der Waals surface area contributed by atoms with Crippen molar-refractivity contribution < 1.29 is 15.0 Å². The van der Waals surface area contributed by atoms with Crippen LogP contribution in [-0.2, 0) is 11.2 Å². The van der Waals surface area contributed by atoms with Crippen LogP contribution in [0.1, 0.15) is 17.2 Å². The number of nitrogens with two attached hydrogens (primary N) is 2. The summed E-state index contributed by atoms with van der Waals surface area (Å²) in [4.78, 5) is 10.4. The molecule has 5 heteroatoms. The van der Waals surface area contributed by atoms with Crippen LogP contribution in [0.4, 0.5) is 0 Å². The number of aromatic hydroxyl groups is 1. The molecule has 0 bridgehead atoms. The number of hydrogen-bond acceptors (Lipinski definition) is 4. The van der Waals surface area contributed by atoms with E-state index < -0.39 is 12.0 Å². The van der Waals surface area contributed by atoms with Crippen molar-refractivity contribution >= 4 is 5.97 Å². The molecule has 0 aliphatic heterocycles. The number of rotatable bonds is 4. The maximum Gasteiger partial charge on any atom is 0.307 e. The van der Waals surface area contributed by atoms with E-state index in [1.807, 2.05) is 0 Å². The van der Waals surface area contributed by atoms with E-state index in [9.17, 15) is 9.90 Å².